The molecule has 1 heterocycles. The minimum atomic E-state index is -0.423. The molecular weight excluding hydrogens is 264 g/mol. The molecule has 0 saturated heterocycles. The van der Waals surface area contributed by atoms with Crippen LogP contribution in [0.3, 0.4) is 0 Å². The Morgan fingerprint density at radius 1 is 1.47 bits per heavy atom. The first-order valence-electron chi connectivity index (χ1n) is 5.81. The fourth-order valence-corrected chi connectivity index (χ4v) is 2.51. The highest BCUT2D eigenvalue weighted by Crippen LogP contribution is 2.22. The van der Waals surface area contributed by atoms with E-state index in [4.69, 9.17) is 10.5 Å². The van der Waals surface area contributed by atoms with E-state index in [-0.39, 0.29) is 11.4 Å². The molecule has 0 aliphatic heterocycles. The standard InChI is InChI=1S/C13H14N2O3S/c1-2-18-12(16)7-15-11(8-19-13(15)17)9-4-3-5-10(14)6-9/h3-6,8H,2,7,14H2,1H3. The molecule has 100 valence electrons. The van der Waals surface area contributed by atoms with Crippen molar-refractivity contribution in [3.05, 3.63) is 39.3 Å². The Bertz CT molecular complexity index is 645. The molecule has 1 aromatic heterocycles. The predicted octanol–water partition coefficient (Wildman–Crippen LogP) is 1.72. The number of aromatic nitrogens is 1. The van der Waals surface area contributed by atoms with E-state index in [1.54, 1.807) is 24.4 Å². The number of rotatable bonds is 4. The molecule has 5 nitrogen and oxygen atoms in total. The number of esters is 1. The summed E-state index contributed by atoms with van der Waals surface area (Å²) in [5, 5.41) is 1.72. The van der Waals surface area contributed by atoms with Crippen molar-refractivity contribution in [2.75, 3.05) is 12.3 Å². The predicted molar refractivity (Wildman–Crippen MR) is 75.1 cm³/mol. The van der Waals surface area contributed by atoms with Crippen LogP contribution in [-0.2, 0) is 16.1 Å². The number of nitrogen functional groups attached to an aromatic ring is 1. The number of hydrogen-bond acceptors (Lipinski definition) is 5. The lowest BCUT2D eigenvalue weighted by Crippen LogP contribution is -2.21. The maximum absolute atomic E-state index is 11.8. The van der Waals surface area contributed by atoms with Gasteiger partial charge < -0.3 is 10.5 Å². The van der Waals surface area contributed by atoms with Crippen LogP contribution in [0, 0.1) is 0 Å². The second kappa shape index (κ2) is 5.71. The van der Waals surface area contributed by atoms with Gasteiger partial charge in [0.1, 0.15) is 6.54 Å². The lowest BCUT2D eigenvalue weighted by molar-refractivity contribution is -0.143. The molecule has 0 aliphatic rings. The van der Waals surface area contributed by atoms with Gasteiger partial charge in [0.2, 0.25) is 0 Å². The van der Waals surface area contributed by atoms with Crippen LogP contribution in [0.15, 0.2) is 34.4 Å². The van der Waals surface area contributed by atoms with Crippen molar-refractivity contribution < 1.29 is 9.53 Å². The first-order chi connectivity index (χ1) is 9.11. The van der Waals surface area contributed by atoms with Crippen LogP contribution in [0.2, 0.25) is 0 Å². The number of hydrogen-bond donors (Lipinski definition) is 1. The normalized spacial score (nSPS) is 10.4. The lowest BCUT2D eigenvalue weighted by atomic mass is 10.1. The zero-order chi connectivity index (χ0) is 13.8. The second-order valence-corrected chi connectivity index (χ2v) is 4.72. The number of thiazole rings is 1. The Kier molecular flexibility index (Phi) is 4.01. The third kappa shape index (κ3) is 3.03. The van der Waals surface area contributed by atoms with Crippen LogP contribution in [0.4, 0.5) is 5.69 Å². The molecule has 1 aromatic carbocycles. The molecule has 6 heteroatoms. The summed E-state index contributed by atoms with van der Waals surface area (Å²) >= 11 is 1.05. The SMILES string of the molecule is CCOC(=O)Cn1c(-c2cccc(N)c2)csc1=O. The molecule has 0 unspecified atom stereocenters. The summed E-state index contributed by atoms with van der Waals surface area (Å²) in [5.74, 6) is -0.423. The number of benzene rings is 1. The number of anilines is 1. The van der Waals surface area contributed by atoms with E-state index in [0.717, 1.165) is 16.9 Å². The summed E-state index contributed by atoms with van der Waals surface area (Å²) in [4.78, 5) is 23.1. The minimum Gasteiger partial charge on any atom is -0.465 e. The summed E-state index contributed by atoms with van der Waals surface area (Å²) < 4.78 is 6.27. The highest BCUT2D eigenvalue weighted by atomic mass is 32.1. The van der Waals surface area contributed by atoms with Crippen molar-refractivity contribution in [3.63, 3.8) is 0 Å². The van der Waals surface area contributed by atoms with Crippen molar-refractivity contribution in [2.45, 2.75) is 13.5 Å². The molecule has 0 amide bonds. The molecule has 0 aliphatic carbocycles. The summed E-state index contributed by atoms with van der Waals surface area (Å²) in [6.45, 7) is 1.94. The van der Waals surface area contributed by atoms with Crippen LogP contribution < -0.4 is 10.6 Å². The van der Waals surface area contributed by atoms with E-state index in [1.807, 2.05) is 12.1 Å². The molecular formula is C13H14N2O3S. The number of ether oxygens (including phenoxy) is 1. The van der Waals surface area contributed by atoms with E-state index < -0.39 is 5.97 Å². The quantitative estimate of drug-likeness (QED) is 0.682. The van der Waals surface area contributed by atoms with Gasteiger partial charge in [0, 0.05) is 16.6 Å². The molecule has 19 heavy (non-hydrogen) atoms. The van der Waals surface area contributed by atoms with Gasteiger partial charge in [0.05, 0.1) is 12.3 Å². The average Bonchev–Trinajstić information content (AvgIpc) is 2.71. The average molecular weight is 278 g/mol. The van der Waals surface area contributed by atoms with E-state index in [2.05, 4.69) is 0 Å². The number of nitrogens with zero attached hydrogens (tertiary/aromatic N) is 1. The molecule has 0 atom stereocenters. The number of carbonyl (C=O) groups excluding carboxylic acids is 1. The molecule has 2 rings (SSSR count). The molecule has 2 N–H and O–H groups in total. The highest BCUT2D eigenvalue weighted by Gasteiger charge is 2.13. The van der Waals surface area contributed by atoms with E-state index in [1.165, 1.54) is 4.57 Å². The first kappa shape index (κ1) is 13.4. The van der Waals surface area contributed by atoms with Crippen molar-refractivity contribution in [1.82, 2.24) is 4.57 Å². The Morgan fingerprint density at radius 3 is 2.95 bits per heavy atom. The van der Waals surface area contributed by atoms with Crippen LogP contribution in [0.1, 0.15) is 6.92 Å². The molecule has 0 spiro atoms. The Labute approximate surface area is 114 Å². The van der Waals surface area contributed by atoms with Crippen molar-refractivity contribution in [3.8, 4) is 11.3 Å². The maximum Gasteiger partial charge on any atom is 0.326 e. The second-order valence-electron chi connectivity index (χ2n) is 3.90. The zero-order valence-corrected chi connectivity index (χ0v) is 11.3. The summed E-state index contributed by atoms with van der Waals surface area (Å²) in [6, 6.07) is 7.19. The van der Waals surface area contributed by atoms with Gasteiger partial charge in [-0.1, -0.05) is 23.5 Å². The first-order valence-corrected chi connectivity index (χ1v) is 6.69. The van der Waals surface area contributed by atoms with E-state index >= 15 is 0 Å². The Hall–Kier alpha value is -2.08. The van der Waals surface area contributed by atoms with Crippen molar-refractivity contribution in [1.29, 1.82) is 0 Å². The smallest absolute Gasteiger partial charge is 0.326 e. The van der Waals surface area contributed by atoms with Crippen molar-refractivity contribution in [2.24, 2.45) is 0 Å². The van der Waals surface area contributed by atoms with Gasteiger partial charge in [-0.05, 0) is 19.1 Å². The van der Waals surface area contributed by atoms with Crippen LogP contribution in [-0.4, -0.2) is 17.1 Å². The number of nitrogens with two attached hydrogens (primary N) is 1. The summed E-state index contributed by atoms with van der Waals surface area (Å²) in [6.07, 6.45) is 0. The zero-order valence-electron chi connectivity index (χ0n) is 10.5. The van der Waals surface area contributed by atoms with Gasteiger partial charge in [-0.25, -0.2) is 0 Å². The van der Waals surface area contributed by atoms with Crippen LogP contribution in [0.25, 0.3) is 11.3 Å². The molecule has 0 radical (unpaired) electrons. The third-order valence-electron chi connectivity index (χ3n) is 2.56. The van der Waals surface area contributed by atoms with Gasteiger partial charge in [-0.3, -0.25) is 14.2 Å². The van der Waals surface area contributed by atoms with Gasteiger partial charge >= 0.3 is 10.8 Å². The monoisotopic (exact) mass is 278 g/mol. The van der Waals surface area contributed by atoms with E-state index in [9.17, 15) is 9.59 Å². The maximum atomic E-state index is 11.8. The fraction of sp³-hybridized carbons (Fsp3) is 0.231. The van der Waals surface area contributed by atoms with Gasteiger partial charge in [0.25, 0.3) is 0 Å². The molecule has 0 bridgehead atoms. The summed E-state index contributed by atoms with van der Waals surface area (Å²) in [5.41, 5.74) is 7.82. The molecule has 0 saturated carbocycles. The number of carbonyl (C=O) groups is 1. The Morgan fingerprint density at radius 2 is 2.26 bits per heavy atom. The lowest BCUT2D eigenvalue weighted by Gasteiger charge is -2.07. The fourth-order valence-electron chi connectivity index (χ4n) is 1.74. The highest BCUT2D eigenvalue weighted by molar-refractivity contribution is 7.07. The topological polar surface area (TPSA) is 74.3 Å². The largest absolute Gasteiger partial charge is 0.465 e. The molecule has 0 fully saturated rings. The molecule has 2 aromatic rings. The minimum absolute atomic E-state index is 0.0830. The summed E-state index contributed by atoms with van der Waals surface area (Å²) in [7, 11) is 0. The van der Waals surface area contributed by atoms with Crippen LogP contribution in [0.5, 0.6) is 0 Å². The van der Waals surface area contributed by atoms with Gasteiger partial charge in [0.15, 0.2) is 0 Å². The van der Waals surface area contributed by atoms with Crippen molar-refractivity contribution >= 4 is 23.0 Å². The third-order valence-corrected chi connectivity index (χ3v) is 3.32. The Balaban J connectivity index is 2.37. The van der Waals surface area contributed by atoms with Gasteiger partial charge in [-0.15, -0.1) is 0 Å². The van der Waals surface area contributed by atoms with E-state index in [0.29, 0.717) is 18.0 Å². The van der Waals surface area contributed by atoms with Gasteiger partial charge in [-0.2, -0.15) is 0 Å². The van der Waals surface area contributed by atoms with Crippen LogP contribution >= 0.6 is 11.3 Å².